The largest absolute Gasteiger partial charge is 0.506 e. The molecule has 13 heteroatoms. The molecular formula is C40H40N4O9. The molecule has 274 valence electrons. The Bertz CT molecular complexity index is 2160. The van der Waals surface area contributed by atoms with Gasteiger partial charge >= 0.3 is 5.97 Å². The van der Waals surface area contributed by atoms with Gasteiger partial charge in [-0.25, -0.2) is 4.79 Å². The Labute approximate surface area is 304 Å². The number of aromatic nitrogens is 1. The maximum absolute atomic E-state index is 13.2. The number of phenols is 1. The van der Waals surface area contributed by atoms with E-state index in [1.165, 1.54) is 36.4 Å². The van der Waals surface area contributed by atoms with Crippen molar-refractivity contribution >= 4 is 28.7 Å². The van der Waals surface area contributed by atoms with Gasteiger partial charge in [-0.3, -0.25) is 14.4 Å². The maximum Gasteiger partial charge on any atom is 0.345 e. The summed E-state index contributed by atoms with van der Waals surface area (Å²) in [6, 6.07) is 27.0. The number of aromatic amines is 1. The van der Waals surface area contributed by atoms with E-state index < -0.39 is 23.6 Å². The van der Waals surface area contributed by atoms with Crippen LogP contribution in [0.1, 0.15) is 45.1 Å². The Morgan fingerprint density at radius 2 is 1.70 bits per heavy atom. The third-order valence-electron chi connectivity index (χ3n) is 9.36. The molecule has 2 heterocycles. The number of hydrogen-bond donors (Lipinski definition) is 7. The number of hydrogen-bond acceptors (Lipinski definition) is 9. The molecule has 3 atom stereocenters. The van der Waals surface area contributed by atoms with Gasteiger partial charge in [0.05, 0.1) is 11.6 Å². The number of carbonyl (C=O) groups excluding carboxylic acids is 2. The lowest BCUT2D eigenvalue weighted by atomic mass is 9.86. The number of nitrogens with zero attached hydrogens (tertiary/aromatic N) is 1. The first kappa shape index (κ1) is 36.8. The number of carboxylic acids is 1. The second-order valence-corrected chi connectivity index (χ2v) is 13.0. The van der Waals surface area contributed by atoms with E-state index in [2.05, 4.69) is 15.6 Å². The average molecular weight is 721 g/mol. The lowest BCUT2D eigenvalue weighted by Gasteiger charge is -2.25. The van der Waals surface area contributed by atoms with E-state index >= 15 is 0 Å². The van der Waals surface area contributed by atoms with Gasteiger partial charge in [0.1, 0.15) is 11.5 Å². The Balaban J connectivity index is 0.943. The molecule has 0 unspecified atom stereocenters. The lowest BCUT2D eigenvalue weighted by Crippen LogP contribution is -2.40. The van der Waals surface area contributed by atoms with Crippen molar-refractivity contribution in [2.75, 3.05) is 32.8 Å². The predicted molar refractivity (Wildman–Crippen MR) is 196 cm³/mol. The zero-order valence-corrected chi connectivity index (χ0v) is 28.7. The van der Waals surface area contributed by atoms with Crippen LogP contribution < -0.4 is 20.9 Å². The minimum absolute atomic E-state index is 0.0674. The summed E-state index contributed by atoms with van der Waals surface area (Å²) in [6.07, 6.45) is 0.363. The van der Waals surface area contributed by atoms with Gasteiger partial charge in [-0.1, -0.05) is 60.7 Å². The van der Waals surface area contributed by atoms with Gasteiger partial charge in [-0.05, 0) is 72.5 Å². The molecule has 5 aromatic rings. The van der Waals surface area contributed by atoms with Crippen molar-refractivity contribution in [2.24, 2.45) is 0 Å². The Morgan fingerprint density at radius 1 is 0.943 bits per heavy atom. The first-order valence-corrected chi connectivity index (χ1v) is 17.2. The van der Waals surface area contributed by atoms with Crippen molar-refractivity contribution in [1.29, 1.82) is 0 Å². The van der Waals surface area contributed by atoms with Crippen LogP contribution in [0.3, 0.4) is 0 Å². The molecule has 7 N–H and O–H groups in total. The molecular weight excluding hydrogens is 680 g/mol. The quantitative estimate of drug-likeness (QED) is 0.0837. The molecule has 0 radical (unpaired) electrons. The number of aromatic hydroxyl groups is 1. The number of nitrogens with one attached hydrogen (secondary N) is 3. The van der Waals surface area contributed by atoms with Crippen molar-refractivity contribution in [3.05, 3.63) is 141 Å². The minimum Gasteiger partial charge on any atom is -0.506 e. The summed E-state index contributed by atoms with van der Waals surface area (Å²) < 4.78 is 5.64. The molecule has 0 spiro atoms. The van der Waals surface area contributed by atoms with Gasteiger partial charge in [-0.2, -0.15) is 0 Å². The van der Waals surface area contributed by atoms with Crippen molar-refractivity contribution in [3.63, 3.8) is 0 Å². The molecule has 1 saturated heterocycles. The van der Waals surface area contributed by atoms with Crippen LogP contribution in [0.5, 0.6) is 11.5 Å². The van der Waals surface area contributed by atoms with Gasteiger partial charge in [0.2, 0.25) is 11.2 Å². The van der Waals surface area contributed by atoms with Crippen LogP contribution in [0.2, 0.25) is 0 Å². The molecule has 1 fully saturated rings. The molecule has 0 bridgehead atoms. The summed E-state index contributed by atoms with van der Waals surface area (Å²) in [5.41, 5.74) is 0.0144. The third kappa shape index (κ3) is 8.39. The van der Waals surface area contributed by atoms with E-state index in [4.69, 9.17) is 4.74 Å². The first-order valence-electron chi connectivity index (χ1n) is 17.2. The van der Waals surface area contributed by atoms with Gasteiger partial charge < -0.3 is 45.7 Å². The number of phenolic OH excluding ortho intramolecular Hbond substituents is 1. The molecule has 13 nitrogen and oxygen atoms in total. The number of aliphatic hydroxyl groups excluding tert-OH is 1. The summed E-state index contributed by atoms with van der Waals surface area (Å²) in [7, 11) is 0. The predicted octanol–water partition coefficient (Wildman–Crippen LogP) is 2.83. The number of aliphatic hydroxyl groups is 2. The summed E-state index contributed by atoms with van der Waals surface area (Å²) >= 11 is 0. The smallest absolute Gasteiger partial charge is 0.345 e. The number of benzene rings is 4. The molecule has 4 aromatic carbocycles. The van der Waals surface area contributed by atoms with Crippen LogP contribution in [0, 0.1) is 0 Å². The molecule has 0 aliphatic carbocycles. The highest BCUT2D eigenvalue weighted by Gasteiger charge is 2.40. The molecule has 1 aromatic heterocycles. The highest BCUT2D eigenvalue weighted by atomic mass is 16.5. The van der Waals surface area contributed by atoms with Crippen LogP contribution in [0.25, 0.3) is 10.9 Å². The minimum atomic E-state index is -2.30. The number of amides is 2. The number of pyridine rings is 1. The highest BCUT2D eigenvalue weighted by molar-refractivity contribution is 5.94. The van der Waals surface area contributed by atoms with Gasteiger partial charge in [0.25, 0.3) is 11.8 Å². The average Bonchev–Trinajstić information content (AvgIpc) is 3.64. The first-order chi connectivity index (χ1) is 25.5. The number of carbonyl (C=O) groups is 3. The van der Waals surface area contributed by atoms with Gasteiger partial charge in [-0.15, -0.1) is 0 Å². The van der Waals surface area contributed by atoms with E-state index in [-0.39, 0.29) is 58.8 Å². The highest BCUT2D eigenvalue weighted by Crippen LogP contribution is 2.32. The third-order valence-corrected chi connectivity index (χ3v) is 9.36. The number of aliphatic carboxylic acids is 1. The maximum atomic E-state index is 13.2. The summed E-state index contributed by atoms with van der Waals surface area (Å²) in [5.74, 6) is -1.84. The zero-order chi connectivity index (χ0) is 37.5. The van der Waals surface area contributed by atoms with Crippen LogP contribution in [-0.2, 0) is 21.6 Å². The number of carboxylic acid groups (broad SMARTS) is 1. The molecule has 53 heavy (non-hydrogen) atoms. The normalized spacial score (nSPS) is 15.8. The van der Waals surface area contributed by atoms with E-state index in [9.17, 15) is 39.6 Å². The Kier molecular flexibility index (Phi) is 11.2. The fraction of sp³-hybridized carbons (Fsp3) is 0.250. The van der Waals surface area contributed by atoms with Crippen molar-refractivity contribution in [2.45, 2.75) is 30.6 Å². The summed E-state index contributed by atoms with van der Waals surface area (Å²) in [6.45, 7) is 1.30. The van der Waals surface area contributed by atoms with Crippen LogP contribution in [0.15, 0.2) is 108 Å². The second-order valence-electron chi connectivity index (χ2n) is 13.0. The van der Waals surface area contributed by atoms with Crippen LogP contribution in [-0.4, -0.2) is 86.9 Å². The van der Waals surface area contributed by atoms with Crippen LogP contribution >= 0.6 is 0 Å². The standard InChI is InChI=1S/C40H40N4O9/c45-33-15-13-31(32-14-16-35(47)43-37(32)33)34(46)22-41-19-17-25-9-11-26(12-10-25)38(49)44-20-18-29(23-44)42-36(48)24-53-30-8-4-7-28(21-30)40(52,39(50)51)27-5-2-1-3-6-27/h1-16,21,29,34,41,45-46,52H,17-20,22-24H2,(H,42,48)(H,43,47)(H,50,51)/t29-,34+,40+/m1/s1. The fourth-order valence-corrected chi connectivity index (χ4v) is 6.51. The number of H-pyrrole nitrogens is 1. The van der Waals surface area contributed by atoms with E-state index in [0.29, 0.717) is 49.0 Å². The lowest BCUT2D eigenvalue weighted by molar-refractivity contribution is -0.155. The Morgan fingerprint density at radius 3 is 2.45 bits per heavy atom. The molecule has 6 rings (SSSR count). The van der Waals surface area contributed by atoms with Crippen molar-refractivity contribution < 1.29 is 39.5 Å². The molecule has 0 saturated carbocycles. The monoisotopic (exact) mass is 720 g/mol. The van der Waals surface area contributed by atoms with Crippen molar-refractivity contribution in [1.82, 2.24) is 20.5 Å². The topological polar surface area (TPSA) is 202 Å². The van der Waals surface area contributed by atoms with Crippen LogP contribution in [0.4, 0.5) is 0 Å². The second kappa shape index (κ2) is 16.1. The Hall–Kier alpha value is -6.02. The number of rotatable bonds is 14. The number of fused-ring (bicyclic) bond motifs is 1. The van der Waals surface area contributed by atoms with Gasteiger partial charge in [0, 0.05) is 48.3 Å². The summed E-state index contributed by atoms with van der Waals surface area (Å²) in [4.78, 5) is 54.0. The van der Waals surface area contributed by atoms with Gasteiger partial charge in [0.15, 0.2) is 6.61 Å². The van der Waals surface area contributed by atoms with E-state index in [1.54, 1.807) is 59.5 Å². The summed E-state index contributed by atoms with van der Waals surface area (Å²) in [5, 5.41) is 48.5. The number of likely N-dealkylation sites (tertiary alicyclic amines) is 1. The SMILES string of the molecule is O=C(COc1cccc([C@](O)(C(=O)O)c2ccccc2)c1)N[C@@H]1CCN(C(=O)c2ccc(CCNC[C@H](O)c3ccc(O)c4[nH]c(=O)ccc34)cc2)C1. The van der Waals surface area contributed by atoms with Crippen molar-refractivity contribution in [3.8, 4) is 11.5 Å². The molecule has 1 aliphatic rings. The zero-order valence-electron chi connectivity index (χ0n) is 28.7. The van der Waals surface area contributed by atoms with E-state index in [0.717, 1.165) is 5.56 Å². The molecule has 2 amide bonds. The molecule has 1 aliphatic heterocycles. The fourth-order valence-electron chi connectivity index (χ4n) is 6.51. The number of ether oxygens (including phenoxy) is 1. The van der Waals surface area contributed by atoms with E-state index in [1.807, 2.05) is 12.1 Å².